The van der Waals surface area contributed by atoms with Crippen LogP contribution >= 0.6 is 22.3 Å². The summed E-state index contributed by atoms with van der Waals surface area (Å²) in [5.41, 5.74) is -0.222. The molecule has 0 aliphatic heterocycles. The maximum atomic E-state index is 11.6. The third-order valence-electron chi connectivity index (χ3n) is 2.55. The largest absolute Gasteiger partial charge is 0.294 e. The molecule has 0 bridgehead atoms. The van der Waals surface area contributed by atoms with Gasteiger partial charge >= 0.3 is 0 Å². The molecule has 7 nitrogen and oxygen atoms in total. The lowest BCUT2D eigenvalue weighted by Crippen LogP contribution is -2.12. The molecular formula is C10H8Cl2N2O5S2. The molecule has 0 amide bonds. The van der Waals surface area contributed by atoms with Crippen molar-refractivity contribution in [2.45, 2.75) is 16.3 Å². The van der Waals surface area contributed by atoms with Crippen molar-refractivity contribution >= 4 is 41.5 Å². The number of halogens is 2. The minimum Gasteiger partial charge on any atom is -0.282 e. The molecule has 0 spiro atoms. The average molecular weight is 371 g/mol. The second-order valence-corrected chi connectivity index (χ2v) is 8.36. The highest BCUT2D eigenvalue weighted by Crippen LogP contribution is 2.30. The van der Waals surface area contributed by atoms with Gasteiger partial charge in [-0.15, -0.1) is 0 Å². The standard InChI is InChI=1S/C10H8Cl2N2O5S2/c11-7-4-9(20(12,15)16)8(6-14-3-1-2-13-14)10(5-7)21(17,18)19/h1-5H,6H2,(H,17,18,19). The van der Waals surface area contributed by atoms with Crippen LogP contribution in [0.15, 0.2) is 40.4 Å². The van der Waals surface area contributed by atoms with Gasteiger partial charge in [-0.3, -0.25) is 9.23 Å². The smallest absolute Gasteiger partial charge is 0.282 e. The first-order valence-electron chi connectivity index (χ1n) is 5.31. The topological polar surface area (TPSA) is 106 Å². The lowest BCUT2D eigenvalue weighted by molar-refractivity contribution is 0.480. The summed E-state index contributed by atoms with van der Waals surface area (Å²) in [6.07, 6.45) is 2.92. The number of rotatable bonds is 4. The van der Waals surface area contributed by atoms with Gasteiger partial charge in [0.15, 0.2) is 0 Å². The normalized spacial score (nSPS) is 12.5. The van der Waals surface area contributed by atoms with Crippen LogP contribution in [0.1, 0.15) is 5.56 Å². The third-order valence-corrected chi connectivity index (χ3v) is 5.08. The Morgan fingerprint density at radius 3 is 2.29 bits per heavy atom. The van der Waals surface area contributed by atoms with Gasteiger partial charge in [0, 0.05) is 33.7 Å². The summed E-state index contributed by atoms with van der Waals surface area (Å²) in [5.74, 6) is 0. The molecule has 0 saturated carbocycles. The van der Waals surface area contributed by atoms with E-state index >= 15 is 0 Å². The van der Waals surface area contributed by atoms with Crippen molar-refractivity contribution < 1.29 is 21.4 Å². The maximum absolute atomic E-state index is 11.6. The van der Waals surface area contributed by atoms with Crippen molar-refractivity contribution in [1.29, 1.82) is 0 Å². The number of hydrogen-bond acceptors (Lipinski definition) is 5. The Morgan fingerprint density at radius 2 is 1.81 bits per heavy atom. The summed E-state index contributed by atoms with van der Waals surface area (Å²) < 4.78 is 56.7. The second-order valence-electron chi connectivity index (χ2n) is 4.00. The van der Waals surface area contributed by atoms with E-state index in [4.69, 9.17) is 22.3 Å². The first-order valence-corrected chi connectivity index (χ1v) is 9.44. The van der Waals surface area contributed by atoms with E-state index in [0.29, 0.717) is 0 Å². The van der Waals surface area contributed by atoms with Crippen LogP contribution in [0.5, 0.6) is 0 Å². The zero-order chi connectivity index (χ0) is 15.8. The molecular weight excluding hydrogens is 363 g/mol. The Bertz CT molecular complexity index is 823. The van der Waals surface area contributed by atoms with Gasteiger partial charge in [0.2, 0.25) is 0 Å². The van der Waals surface area contributed by atoms with E-state index in [1.807, 2.05) is 0 Å². The fourth-order valence-electron chi connectivity index (χ4n) is 1.75. The van der Waals surface area contributed by atoms with E-state index in [2.05, 4.69) is 5.10 Å². The Hall–Kier alpha value is -1.13. The average Bonchev–Trinajstić information content (AvgIpc) is 2.81. The molecule has 21 heavy (non-hydrogen) atoms. The van der Waals surface area contributed by atoms with E-state index in [0.717, 1.165) is 12.1 Å². The molecule has 0 saturated heterocycles. The maximum Gasteiger partial charge on any atom is 0.294 e. The molecule has 1 aromatic carbocycles. The number of aromatic nitrogens is 2. The van der Waals surface area contributed by atoms with Crippen LogP contribution in [0.4, 0.5) is 0 Å². The van der Waals surface area contributed by atoms with E-state index < -0.39 is 29.0 Å². The molecule has 1 N–H and O–H groups in total. The Labute approximate surface area is 130 Å². The molecule has 0 unspecified atom stereocenters. The van der Waals surface area contributed by atoms with Crippen molar-refractivity contribution in [3.05, 3.63) is 41.2 Å². The van der Waals surface area contributed by atoms with Crippen LogP contribution in [0.25, 0.3) is 0 Å². The predicted octanol–water partition coefficient (Wildman–Crippen LogP) is 1.76. The Morgan fingerprint density at radius 1 is 1.19 bits per heavy atom. The van der Waals surface area contributed by atoms with Gasteiger partial charge in [-0.05, 0) is 18.2 Å². The Kier molecular flexibility index (Phi) is 4.31. The zero-order valence-electron chi connectivity index (χ0n) is 10.1. The molecule has 0 radical (unpaired) electrons. The number of benzene rings is 1. The lowest BCUT2D eigenvalue weighted by atomic mass is 10.2. The van der Waals surface area contributed by atoms with Gasteiger partial charge in [-0.25, -0.2) is 8.42 Å². The van der Waals surface area contributed by atoms with E-state index in [1.165, 1.54) is 17.1 Å². The SMILES string of the molecule is O=S(=O)(O)c1cc(Cl)cc(S(=O)(=O)Cl)c1Cn1cccn1. The molecule has 0 fully saturated rings. The summed E-state index contributed by atoms with van der Waals surface area (Å²) in [4.78, 5) is -1.13. The summed E-state index contributed by atoms with van der Waals surface area (Å²) in [6.45, 7) is -0.222. The number of hydrogen-bond donors (Lipinski definition) is 1. The quantitative estimate of drug-likeness (QED) is 0.648. The predicted molar refractivity (Wildman–Crippen MR) is 75.6 cm³/mol. The van der Waals surface area contributed by atoms with Gasteiger partial charge in [-0.1, -0.05) is 11.6 Å². The zero-order valence-corrected chi connectivity index (χ0v) is 13.3. The lowest BCUT2D eigenvalue weighted by Gasteiger charge is -2.12. The van der Waals surface area contributed by atoms with Crippen molar-refractivity contribution in [2.75, 3.05) is 0 Å². The molecule has 114 valence electrons. The van der Waals surface area contributed by atoms with Gasteiger partial charge in [0.25, 0.3) is 19.2 Å². The van der Waals surface area contributed by atoms with Crippen LogP contribution in [-0.4, -0.2) is 31.2 Å². The number of nitrogens with zero attached hydrogens (tertiary/aromatic N) is 2. The van der Waals surface area contributed by atoms with Crippen molar-refractivity contribution in [1.82, 2.24) is 9.78 Å². The monoisotopic (exact) mass is 370 g/mol. The summed E-state index contributed by atoms with van der Waals surface area (Å²) in [5, 5.41) is 3.66. The molecule has 1 heterocycles. The van der Waals surface area contributed by atoms with E-state index in [1.54, 1.807) is 6.07 Å². The first kappa shape index (κ1) is 16.2. The van der Waals surface area contributed by atoms with Crippen molar-refractivity contribution in [3.63, 3.8) is 0 Å². The van der Waals surface area contributed by atoms with Crippen LogP contribution in [-0.2, 0) is 25.7 Å². The molecule has 2 rings (SSSR count). The fraction of sp³-hybridized carbons (Fsp3) is 0.100. The Balaban J connectivity index is 2.79. The van der Waals surface area contributed by atoms with Crippen molar-refractivity contribution in [2.24, 2.45) is 0 Å². The molecule has 0 aliphatic carbocycles. The van der Waals surface area contributed by atoms with E-state index in [-0.39, 0.29) is 17.1 Å². The van der Waals surface area contributed by atoms with Crippen LogP contribution in [0.3, 0.4) is 0 Å². The molecule has 1 aromatic heterocycles. The highest BCUT2D eigenvalue weighted by molar-refractivity contribution is 8.13. The highest BCUT2D eigenvalue weighted by Gasteiger charge is 2.26. The molecule has 11 heteroatoms. The van der Waals surface area contributed by atoms with Crippen LogP contribution in [0, 0.1) is 0 Å². The molecule has 0 atom stereocenters. The van der Waals surface area contributed by atoms with Crippen molar-refractivity contribution in [3.8, 4) is 0 Å². The summed E-state index contributed by atoms with van der Waals surface area (Å²) >= 11 is 5.69. The van der Waals surface area contributed by atoms with E-state index in [9.17, 15) is 21.4 Å². The summed E-state index contributed by atoms with van der Waals surface area (Å²) in [6, 6.07) is 3.52. The molecule has 0 aliphatic rings. The van der Waals surface area contributed by atoms with Gasteiger partial charge < -0.3 is 0 Å². The summed E-state index contributed by atoms with van der Waals surface area (Å²) in [7, 11) is -3.66. The minimum absolute atomic E-state index is 0.189. The fourth-order valence-corrected chi connectivity index (χ4v) is 4.07. The first-order chi connectivity index (χ1) is 9.59. The third kappa shape index (κ3) is 3.74. The second kappa shape index (κ2) is 5.58. The van der Waals surface area contributed by atoms with Crippen LogP contribution in [0.2, 0.25) is 5.02 Å². The molecule has 2 aromatic rings. The van der Waals surface area contributed by atoms with Gasteiger partial charge in [-0.2, -0.15) is 13.5 Å². The highest BCUT2D eigenvalue weighted by atomic mass is 35.7. The minimum atomic E-state index is -4.69. The van der Waals surface area contributed by atoms with Crippen LogP contribution < -0.4 is 0 Å². The van der Waals surface area contributed by atoms with Gasteiger partial charge in [0.05, 0.1) is 11.4 Å². The van der Waals surface area contributed by atoms with Gasteiger partial charge in [0.1, 0.15) is 4.90 Å².